The molecule has 53 heavy (non-hydrogen) atoms. The molecule has 0 saturated carbocycles. The fourth-order valence-electron chi connectivity index (χ4n) is 6.36. The summed E-state index contributed by atoms with van der Waals surface area (Å²) in [6.45, 7) is 14.1. The van der Waals surface area contributed by atoms with Crippen LogP contribution in [0.1, 0.15) is 59.1 Å². The second kappa shape index (κ2) is 16.5. The van der Waals surface area contributed by atoms with Crippen LogP contribution in [0, 0.1) is 0 Å². The smallest absolute Gasteiger partial charge is 0.264 e. The maximum absolute atomic E-state index is 14.5. The molecule has 1 aliphatic heterocycles. The lowest BCUT2D eigenvalue weighted by atomic mass is 10.0. The molecule has 1 unspecified atom stereocenters. The van der Waals surface area contributed by atoms with E-state index >= 15 is 0 Å². The van der Waals surface area contributed by atoms with E-state index < -0.39 is 22.0 Å². The maximum atomic E-state index is 14.5. The molecular weight excluding hydrogens is 693 g/mol. The average molecular weight is 745 g/mol. The standard InChI is InChI=1S/C41H52N4O7S/c1-9-44(41(4,5)6)26-30-15-13-29(14-16-30)23-35(40(47)43(7)28(2)3)42-39(46)21-22-45(32-17-20-36-37(25-32)52-27-51-36)53(48,49)38-12-10-11-31-24-33(50-8)18-19-34(31)38/h10-20,24-25,28,35H,9,21-23,26-27H2,1-8H3,(H,42,46). The zero-order valence-electron chi connectivity index (χ0n) is 32.0. The summed E-state index contributed by atoms with van der Waals surface area (Å²) in [5.74, 6) is 0.826. The average Bonchev–Trinajstić information content (AvgIpc) is 3.60. The van der Waals surface area contributed by atoms with Gasteiger partial charge in [-0.05, 0) is 94.1 Å². The van der Waals surface area contributed by atoms with E-state index in [1.807, 2.05) is 32.0 Å². The quantitative estimate of drug-likeness (QED) is 0.149. The van der Waals surface area contributed by atoms with E-state index in [0.717, 1.165) is 24.2 Å². The third-order valence-corrected chi connectivity index (χ3v) is 11.6. The van der Waals surface area contributed by atoms with Crippen LogP contribution in [0.25, 0.3) is 10.8 Å². The molecule has 0 aromatic heterocycles. The molecule has 0 fully saturated rings. The Bertz CT molecular complexity index is 2030. The van der Waals surface area contributed by atoms with Crippen molar-refractivity contribution in [1.29, 1.82) is 0 Å². The van der Waals surface area contributed by atoms with Gasteiger partial charge in [-0.3, -0.25) is 18.8 Å². The number of fused-ring (bicyclic) bond motifs is 2. The minimum atomic E-state index is -4.22. The van der Waals surface area contributed by atoms with Crippen molar-refractivity contribution in [3.05, 3.63) is 90.0 Å². The molecule has 1 heterocycles. The summed E-state index contributed by atoms with van der Waals surface area (Å²) in [4.78, 5) is 31.6. The fraction of sp³-hybridized carbons (Fsp3) is 0.415. The van der Waals surface area contributed by atoms with Crippen LogP contribution in [0.2, 0.25) is 0 Å². The number of carbonyl (C=O) groups excluding carboxylic acids is 2. The number of nitrogens with zero attached hydrogens (tertiary/aromatic N) is 3. The van der Waals surface area contributed by atoms with Crippen molar-refractivity contribution in [2.45, 2.75) is 83.4 Å². The van der Waals surface area contributed by atoms with E-state index in [9.17, 15) is 18.0 Å². The molecular formula is C41H52N4O7S. The first-order valence-corrected chi connectivity index (χ1v) is 19.4. The molecule has 12 heteroatoms. The first-order chi connectivity index (χ1) is 25.1. The molecule has 5 rings (SSSR count). The summed E-state index contributed by atoms with van der Waals surface area (Å²) in [6, 6.07) is 22.3. The molecule has 0 radical (unpaired) electrons. The topological polar surface area (TPSA) is 118 Å². The Labute approximate surface area is 313 Å². The maximum Gasteiger partial charge on any atom is 0.264 e. The number of likely N-dealkylation sites (N-methyl/N-ethyl adjacent to an activating group) is 1. The van der Waals surface area contributed by atoms with Crippen molar-refractivity contribution >= 4 is 38.3 Å². The van der Waals surface area contributed by atoms with Crippen molar-refractivity contribution in [3.63, 3.8) is 0 Å². The second-order valence-corrected chi connectivity index (χ2v) is 16.4. The van der Waals surface area contributed by atoms with Gasteiger partial charge < -0.3 is 24.4 Å². The number of anilines is 1. The van der Waals surface area contributed by atoms with E-state index in [-0.39, 0.29) is 48.6 Å². The lowest BCUT2D eigenvalue weighted by Crippen LogP contribution is -2.50. The number of hydrogen-bond acceptors (Lipinski definition) is 8. The largest absolute Gasteiger partial charge is 0.497 e. The van der Waals surface area contributed by atoms with Crippen molar-refractivity contribution in [3.8, 4) is 17.2 Å². The molecule has 2 amide bonds. The zero-order valence-corrected chi connectivity index (χ0v) is 32.8. The predicted molar refractivity (Wildman–Crippen MR) is 208 cm³/mol. The Kier molecular flexibility index (Phi) is 12.2. The highest BCUT2D eigenvalue weighted by atomic mass is 32.2. The molecule has 0 bridgehead atoms. The van der Waals surface area contributed by atoms with Gasteiger partial charge in [-0.15, -0.1) is 0 Å². The highest BCUT2D eigenvalue weighted by molar-refractivity contribution is 7.93. The number of methoxy groups -OCH3 is 1. The van der Waals surface area contributed by atoms with E-state index in [1.165, 1.54) is 4.31 Å². The van der Waals surface area contributed by atoms with Gasteiger partial charge in [-0.1, -0.05) is 43.3 Å². The van der Waals surface area contributed by atoms with Crippen LogP contribution < -0.4 is 23.8 Å². The van der Waals surface area contributed by atoms with Crippen molar-refractivity contribution < 1.29 is 32.2 Å². The van der Waals surface area contributed by atoms with Crippen LogP contribution >= 0.6 is 0 Å². The van der Waals surface area contributed by atoms with Crippen LogP contribution in [-0.4, -0.2) is 81.7 Å². The number of benzene rings is 4. The Morgan fingerprint density at radius 3 is 2.28 bits per heavy atom. The molecule has 0 spiro atoms. The van der Waals surface area contributed by atoms with Crippen LogP contribution in [0.3, 0.4) is 0 Å². The first kappa shape index (κ1) is 39.4. The molecule has 1 N–H and O–H groups in total. The molecule has 0 saturated heterocycles. The van der Waals surface area contributed by atoms with Crippen LogP contribution in [0.15, 0.2) is 83.8 Å². The predicted octanol–water partition coefficient (Wildman–Crippen LogP) is 6.38. The van der Waals surface area contributed by atoms with Crippen LogP contribution in [0.5, 0.6) is 17.2 Å². The van der Waals surface area contributed by atoms with E-state index in [4.69, 9.17) is 14.2 Å². The summed E-state index contributed by atoms with van der Waals surface area (Å²) >= 11 is 0. The summed E-state index contributed by atoms with van der Waals surface area (Å²) in [7, 11) is -0.948. The Balaban J connectivity index is 1.40. The summed E-state index contributed by atoms with van der Waals surface area (Å²) in [5.41, 5.74) is 2.40. The minimum absolute atomic E-state index is 0.0240. The zero-order chi connectivity index (χ0) is 38.5. The minimum Gasteiger partial charge on any atom is -0.497 e. The Morgan fingerprint density at radius 2 is 1.62 bits per heavy atom. The van der Waals surface area contributed by atoms with Crippen molar-refractivity contribution in [2.75, 3.05) is 38.3 Å². The third kappa shape index (κ3) is 9.23. The highest BCUT2D eigenvalue weighted by Gasteiger charge is 2.31. The van der Waals surface area contributed by atoms with Gasteiger partial charge in [0.15, 0.2) is 11.5 Å². The van der Waals surface area contributed by atoms with Gasteiger partial charge >= 0.3 is 0 Å². The van der Waals surface area contributed by atoms with E-state index in [2.05, 4.69) is 50.0 Å². The van der Waals surface area contributed by atoms with Gasteiger partial charge in [0.2, 0.25) is 18.6 Å². The number of ether oxygens (including phenoxy) is 3. The van der Waals surface area contributed by atoms with Crippen LogP contribution in [-0.2, 0) is 32.6 Å². The van der Waals surface area contributed by atoms with E-state index in [1.54, 1.807) is 67.6 Å². The third-order valence-electron chi connectivity index (χ3n) is 9.72. The lowest BCUT2D eigenvalue weighted by molar-refractivity contribution is -0.136. The normalized spacial score (nSPS) is 13.3. The van der Waals surface area contributed by atoms with Gasteiger partial charge in [-0.25, -0.2) is 8.42 Å². The first-order valence-electron chi connectivity index (χ1n) is 18.0. The molecule has 0 aliphatic carbocycles. The second-order valence-electron chi connectivity index (χ2n) is 14.6. The number of rotatable bonds is 15. The Hall–Kier alpha value is -4.81. The van der Waals surface area contributed by atoms with Crippen molar-refractivity contribution in [2.24, 2.45) is 0 Å². The SMILES string of the molecule is CCN(Cc1ccc(CC(NC(=O)CCN(c2ccc3c(c2)OCO3)S(=O)(=O)c2cccc3cc(OC)ccc23)C(=O)N(C)C(C)C)cc1)C(C)(C)C. The van der Waals surface area contributed by atoms with E-state index in [0.29, 0.717) is 33.7 Å². The van der Waals surface area contributed by atoms with Gasteiger partial charge in [0.05, 0.1) is 17.7 Å². The number of nitrogens with one attached hydrogen (secondary N) is 1. The Morgan fingerprint density at radius 1 is 0.925 bits per heavy atom. The number of sulfonamides is 1. The number of carbonyl (C=O) groups is 2. The highest BCUT2D eigenvalue weighted by Crippen LogP contribution is 2.38. The fourth-order valence-corrected chi connectivity index (χ4v) is 8.04. The molecule has 4 aromatic carbocycles. The summed E-state index contributed by atoms with van der Waals surface area (Å²) in [5, 5.41) is 4.14. The monoisotopic (exact) mass is 744 g/mol. The van der Waals surface area contributed by atoms with Gasteiger partial charge in [0.1, 0.15) is 11.8 Å². The van der Waals surface area contributed by atoms with Gasteiger partial charge in [0, 0.05) is 56.0 Å². The molecule has 1 atom stereocenters. The van der Waals surface area contributed by atoms with Gasteiger partial charge in [0.25, 0.3) is 10.0 Å². The molecule has 284 valence electrons. The summed E-state index contributed by atoms with van der Waals surface area (Å²) < 4.78 is 46.7. The number of amides is 2. The lowest BCUT2D eigenvalue weighted by Gasteiger charge is -2.34. The number of hydrogen-bond donors (Lipinski definition) is 1. The van der Waals surface area contributed by atoms with Crippen LogP contribution in [0.4, 0.5) is 5.69 Å². The van der Waals surface area contributed by atoms with Gasteiger partial charge in [-0.2, -0.15) is 0 Å². The van der Waals surface area contributed by atoms with Crippen molar-refractivity contribution in [1.82, 2.24) is 15.1 Å². The molecule has 11 nitrogen and oxygen atoms in total. The molecule has 1 aliphatic rings. The summed E-state index contributed by atoms with van der Waals surface area (Å²) in [6.07, 6.45) is 0.0718. The molecule has 4 aromatic rings.